The summed E-state index contributed by atoms with van der Waals surface area (Å²) in [6.07, 6.45) is 2.08. The summed E-state index contributed by atoms with van der Waals surface area (Å²) >= 11 is 3.38. The Hall–Kier alpha value is 0.310. The quantitative estimate of drug-likeness (QED) is 0.722. The van der Waals surface area contributed by atoms with Gasteiger partial charge in [-0.15, -0.1) is 0 Å². The average Bonchev–Trinajstić information content (AvgIpc) is 2.38. The second kappa shape index (κ2) is 6.17. The molecule has 0 saturated carbocycles. The largest absolute Gasteiger partial charge is 0.378 e. The molecule has 2 aliphatic rings. The Morgan fingerprint density at radius 2 is 2.17 bits per heavy atom. The van der Waals surface area contributed by atoms with E-state index in [0.29, 0.717) is 44.1 Å². The molecule has 2 atom stereocenters. The molecule has 0 aromatic rings. The molecule has 0 amide bonds. The molecule has 2 rings (SSSR count). The lowest BCUT2D eigenvalue weighted by Gasteiger charge is -2.39. The van der Waals surface area contributed by atoms with E-state index in [4.69, 9.17) is 4.74 Å². The fraction of sp³-hybridized carbons (Fsp3) is 1.00. The summed E-state index contributed by atoms with van der Waals surface area (Å²) in [5, 5.41) is 0.621. The Balaban J connectivity index is 2.13. The molecule has 2 aliphatic heterocycles. The van der Waals surface area contributed by atoms with Gasteiger partial charge in [0.1, 0.15) is 0 Å². The van der Waals surface area contributed by atoms with Crippen LogP contribution in [-0.4, -0.2) is 61.2 Å². The summed E-state index contributed by atoms with van der Waals surface area (Å²) in [5.41, 5.74) is 0. The van der Waals surface area contributed by atoms with Gasteiger partial charge in [-0.1, -0.05) is 22.9 Å². The van der Waals surface area contributed by atoms with E-state index in [1.165, 1.54) is 0 Å². The Bertz CT molecular complexity index is 376. The van der Waals surface area contributed by atoms with E-state index in [9.17, 15) is 8.42 Å². The highest BCUT2D eigenvalue weighted by Crippen LogP contribution is 2.23. The summed E-state index contributed by atoms with van der Waals surface area (Å²) in [6.45, 7) is 4.85. The summed E-state index contributed by atoms with van der Waals surface area (Å²) in [5.74, 6) is 0.456. The first-order chi connectivity index (χ1) is 8.55. The zero-order valence-corrected chi connectivity index (χ0v) is 13.1. The molecule has 0 aliphatic carbocycles. The van der Waals surface area contributed by atoms with Crippen molar-refractivity contribution in [3.8, 4) is 0 Å². The normalized spacial score (nSPS) is 32.6. The van der Waals surface area contributed by atoms with Gasteiger partial charge in [-0.25, -0.2) is 0 Å². The first-order valence-electron chi connectivity index (χ1n) is 6.46. The number of halogens is 1. The van der Waals surface area contributed by atoms with Crippen LogP contribution in [-0.2, 0) is 14.9 Å². The van der Waals surface area contributed by atoms with Gasteiger partial charge in [0.05, 0.1) is 19.3 Å². The van der Waals surface area contributed by atoms with Crippen molar-refractivity contribution in [3.63, 3.8) is 0 Å². The number of rotatable bonds is 3. The molecule has 0 radical (unpaired) electrons. The highest BCUT2D eigenvalue weighted by Gasteiger charge is 2.37. The van der Waals surface area contributed by atoms with Gasteiger partial charge in [0.15, 0.2) is 0 Å². The second-order valence-corrected chi connectivity index (χ2v) is 7.64. The van der Waals surface area contributed by atoms with Crippen LogP contribution in [0.2, 0.25) is 0 Å². The number of alkyl halides is 1. The molecule has 106 valence electrons. The standard InChI is InChI=1S/C11H21BrN2O3S/c1-10-3-2-4-13(8-10)18(15,16)14-5-6-17-9-11(14)7-12/h10-11H,2-9H2,1H3. The van der Waals surface area contributed by atoms with E-state index in [2.05, 4.69) is 22.9 Å². The van der Waals surface area contributed by atoms with Crippen molar-refractivity contribution in [2.45, 2.75) is 25.8 Å². The van der Waals surface area contributed by atoms with Crippen molar-refractivity contribution in [2.24, 2.45) is 5.92 Å². The van der Waals surface area contributed by atoms with Crippen LogP contribution in [0.15, 0.2) is 0 Å². The molecule has 2 saturated heterocycles. The number of hydrogen-bond donors (Lipinski definition) is 0. The van der Waals surface area contributed by atoms with Gasteiger partial charge in [-0.2, -0.15) is 17.0 Å². The van der Waals surface area contributed by atoms with Crippen molar-refractivity contribution < 1.29 is 13.2 Å². The Labute approximate surface area is 118 Å². The molecular weight excluding hydrogens is 320 g/mol. The first kappa shape index (κ1) is 14.7. The fourth-order valence-corrected chi connectivity index (χ4v) is 5.21. The lowest BCUT2D eigenvalue weighted by Crippen LogP contribution is -2.56. The molecule has 5 nitrogen and oxygen atoms in total. The Morgan fingerprint density at radius 3 is 2.83 bits per heavy atom. The number of piperidine rings is 1. The van der Waals surface area contributed by atoms with E-state index in [1.807, 2.05) is 0 Å². The zero-order valence-electron chi connectivity index (χ0n) is 10.7. The SMILES string of the molecule is CC1CCCN(S(=O)(=O)N2CCOCC2CBr)C1. The minimum Gasteiger partial charge on any atom is -0.378 e. The highest BCUT2D eigenvalue weighted by atomic mass is 79.9. The molecule has 0 bridgehead atoms. The van der Waals surface area contributed by atoms with Gasteiger partial charge in [-0.3, -0.25) is 0 Å². The molecule has 7 heteroatoms. The van der Waals surface area contributed by atoms with Gasteiger partial charge in [-0.05, 0) is 18.8 Å². The van der Waals surface area contributed by atoms with Gasteiger partial charge in [0.2, 0.25) is 0 Å². The van der Waals surface area contributed by atoms with Crippen LogP contribution in [0.3, 0.4) is 0 Å². The van der Waals surface area contributed by atoms with Gasteiger partial charge < -0.3 is 4.74 Å². The number of nitrogens with zero attached hydrogens (tertiary/aromatic N) is 2. The lowest BCUT2D eigenvalue weighted by atomic mass is 10.0. The lowest BCUT2D eigenvalue weighted by molar-refractivity contribution is 0.0376. The summed E-state index contributed by atoms with van der Waals surface area (Å²) in [4.78, 5) is 0. The van der Waals surface area contributed by atoms with Crippen molar-refractivity contribution >= 4 is 26.1 Å². The number of ether oxygens (including phenoxy) is 1. The molecule has 2 unspecified atom stereocenters. The predicted molar refractivity (Wildman–Crippen MR) is 74.0 cm³/mol. The predicted octanol–water partition coefficient (Wildman–Crippen LogP) is 1.06. The Morgan fingerprint density at radius 1 is 1.39 bits per heavy atom. The molecule has 0 aromatic heterocycles. The van der Waals surface area contributed by atoms with Gasteiger partial charge in [0, 0.05) is 25.0 Å². The topological polar surface area (TPSA) is 49.9 Å². The molecule has 18 heavy (non-hydrogen) atoms. The maximum absolute atomic E-state index is 12.6. The molecule has 0 N–H and O–H groups in total. The van der Waals surface area contributed by atoms with E-state index in [1.54, 1.807) is 8.61 Å². The summed E-state index contributed by atoms with van der Waals surface area (Å²) in [6, 6.07) is -0.0824. The molecule has 0 spiro atoms. The molecule has 0 aromatic carbocycles. The minimum atomic E-state index is -3.32. The van der Waals surface area contributed by atoms with Crippen LogP contribution in [0.5, 0.6) is 0 Å². The van der Waals surface area contributed by atoms with Gasteiger partial charge in [0.25, 0.3) is 10.2 Å². The van der Waals surface area contributed by atoms with Crippen LogP contribution >= 0.6 is 15.9 Å². The third-order valence-corrected chi connectivity index (χ3v) is 6.40. The Kier molecular flexibility index (Phi) is 5.05. The third-order valence-electron chi connectivity index (χ3n) is 3.59. The summed E-state index contributed by atoms with van der Waals surface area (Å²) in [7, 11) is -3.32. The van der Waals surface area contributed by atoms with Crippen LogP contribution in [0.25, 0.3) is 0 Å². The van der Waals surface area contributed by atoms with E-state index in [-0.39, 0.29) is 6.04 Å². The minimum absolute atomic E-state index is 0.0824. The monoisotopic (exact) mass is 340 g/mol. The number of morpholine rings is 1. The first-order valence-corrected chi connectivity index (χ1v) is 8.98. The van der Waals surface area contributed by atoms with Crippen molar-refractivity contribution in [3.05, 3.63) is 0 Å². The number of hydrogen-bond acceptors (Lipinski definition) is 3. The third kappa shape index (κ3) is 3.07. The second-order valence-electron chi connectivity index (χ2n) is 5.11. The maximum atomic E-state index is 12.6. The van der Waals surface area contributed by atoms with Crippen LogP contribution in [0.4, 0.5) is 0 Å². The molecule has 2 heterocycles. The van der Waals surface area contributed by atoms with E-state index < -0.39 is 10.2 Å². The maximum Gasteiger partial charge on any atom is 0.282 e. The van der Waals surface area contributed by atoms with Gasteiger partial charge >= 0.3 is 0 Å². The fourth-order valence-electron chi connectivity index (χ4n) is 2.57. The summed E-state index contributed by atoms with van der Waals surface area (Å²) < 4.78 is 33.9. The average molecular weight is 341 g/mol. The molecular formula is C11H21BrN2O3S. The van der Waals surface area contributed by atoms with Crippen LogP contribution < -0.4 is 0 Å². The van der Waals surface area contributed by atoms with Crippen molar-refractivity contribution in [2.75, 3.05) is 38.2 Å². The van der Waals surface area contributed by atoms with E-state index >= 15 is 0 Å². The van der Waals surface area contributed by atoms with Crippen LogP contribution in [0.1, 0.15) is 19.8 Å². The van der Waals surface area contributed by atoms with Crippen molar-refractivity contribution in [1.29, 1.82) is 0 Å². The van der Waals surface area contributed by atoms with Crippen molar-refractivity contribution in [1.82, 2.24) is 8.61 Å². The molecule has 2 fully saturated rings. The van der Waals surface area contributed by atoms with E-state index in [0.717, 1.165) is 12.8 Å². The van der Waals surface area contributed by atoms with Crippen LogP contribution in [0, 0.1) is 5.92 Å². The smallest absolute Gasteiger partial charge is 0.282 e. The zero-order chi connectivity index (χ0) is 13.2. The highest BCUT2D eigenvalue weighted by molar-refractivity contribution is 9.09.